The van der Waals surface area contributed by atoms with Gasteiger partial charge in [-0.1, -0.05) is 53.7 Å². The molecule has 9 heteroatoms. The summed E-state index contributed by atoms with van der Waals surface area (Å²) in [5.74, 6) is 1.44. The molecule has 9 nitrogen and oxygen atoms in total. The highest BCUT2D eigenvalue weighted by molar-refractivity contribution is 5.89. The molecule has 6 rings (SSSR count). The summed E-state index contributed by atoms with van der Waals surface area (Å²) < 4.78 is 19.6. The number of fused-ring (bicyclic) bond motifs is 1. The van der Waals surface area contributed by atoms with Crippen LogP contribution in [0.25, 0.3) is 11.3 Å². The third-order valence-electron chi connectivity index (χ3n) is 6.35. The predicted octanol–water partition coefficient (Wildman–Crippen LogP) is 4.27. The maximum Gasteiger partial charge on any atom is 0.319 e. The molecule has 2 fully saturated rings. The fraction of sp³-hybridized carbons (Fsp3) is 0.222. The van der Waals surface area contributed by atoms with Crippen molar-refractivity contribution in [1.29, 1.82) is 0 Å². The van der Waals surface area contributed by atoms with Crippen molar-refractivity contribution in [3.05, 3.63) is 91.1 Å². The van der Waals surface area contributed by atoms with E-state index in [2.05, 4.69) is 20.9 Å². The summed E-state index contributed by atoms with van der Waals surface area (Å²) in [4.78, 5) is 12.7. The standard InChI is InChI=1S/C27H25N5O4/c33-27(28-19-11-13-21(14-12-19)36-20-9-5-2-6-10-20)29-23-16-34-26-24(17-35-25(23)26)32-15-22(30-31-32)18-7-3-1-4-8-18/h1-15,23-26H,16-17H2,(H2,28,29,33). The van der Waals surface area contributed by atoms with Crippen LogP contribution < -0.4 is 15.4 Å². The van der Waals surface area contributed by atoms with E-state index in [-0.39, 0.29) is 30.3 Å². The molecule has 0 bridgehead atoms. The van der Waals surface area contributed by atoms with E-state index in [4.69, 9.17) is 14.2 Å². The Bertz CT molecular complexity index is 1310. The second kappa shape index (κ2) is 9.80. The smallest absolute Gasteiger partial charge is 0.319 e. The van der Waals surface area contributed by atoms with Gasteiger partial charge >= 0.3 is 6.03 Å². The Morgan fingerprint density at radius 1 is 0.861 bits per heavy atom. The average Bonchev–Trinajstić information content (AvgIpc) is 3.64. The lowest BCUT2D eigenvalue weighted by molar-refractivity contribution is 0.0622. The van der Waals surface area contributed by atoms with E-state index in [1.165, 1.54) is 0 Å². The number of nitrogens with one attached hydrogen (secondary N) is 2. The van der Waals surface area contributed by atoms with Crippen LogP contribution in [0.5, 0.6) is 11.5 Å². The van der Waals surface area contributed by atoms with Gasteiger partial charge in [-0.05, 0) is 36.4 Å². The second-order valence-electron chi connectivity index (χ2n) is 8.76. The van der Waals surface area contributed by atoms with Crippen molar-refractivity contribution in [3.63, 3.8) is 0 Å². The number of ether oxygens (including phenoxy) is 3. The summed E-state index contributed by atoms with van der Waals surface area (Å²) in [6.07, 6.45) is 1.44. The molecule has 0 saturated carbocycles. The molecule has 4 aromatic rings. The highest BCUT2D eigenvalue weighted by atomic mass is 16.6. The zero-order valence-electron chi connectivity index (χ0n) is 19.4. The minimum atomic E-state index is -0.319. The third kappa shape index (κ3) is 4.66. The number of carbonyl (C=O) groups is 1. The van der Waals surface area contributed by atoms with E-state index >= 15 is 0 Å². The molecule has 2 aliphatic heterocycles. The van der Waals surface area contributed by atoms with Gasteiger partial charge in [-0.2, -0.15) is 0 Å². The number of amides is 2. The molecule has 36 heavy (non-hydrogen) atoms. The first-order valence-electron chi connectivity index (χ1n) is 11.8. The van der Waals surface area contributed by atoms with Gasteiger partial charge in [-0.3, -0.25) is 0 Å². The van der Waals surface area contributed by atoms with E-state index in [0.717, 1.165) is 17.0 Å². The molecule has 2 aliphatic rings. The summed E-state index contributed by atoms with van der Waals surface area (Å²) in [7, 11) is 0. The van der Waals surface area contributed by atoms with Crippen LogP contribution in [0, 0.1) is 0 Å². The minimum Gasteiger partial charge on any atom is -0.457 e. The molecular formula is C27H25N5O4. The topological polar surface area (TPSA) is 99.5 Å². The Labute approximate surface area is 208 Å². The van der Waals surface area contributed by atoms with Gasteiger partial charge in [-0.25, -0.2) is 9.48 Å². The van der Waals surface area contributed by atoms with E-state index in [1.54, 1.807) is 16.8 Å². The van der Waals surface area contributed by atoms with Gasteiger partial charge in [0.25, 0.3) is 0 Å². The van der Waals surface area contributed by atoms with Crippen LogP contribution in [0.1, 0.15) is 6.04 Å². The van der Waals surface area contributed by atoms with Crippen molar-refractivity contribution >= 4 is 11.7 Å². The van der Waals surface area contributed by atoms with Gasteiger partial charge in [0.15, 0.2) is 0 Å². The lowest BCUT2D eigenvalue weighted by Gasteiger charge is -2.18. The van der Waals surface area contributed by atoms with E-state index in [9.17, 15) is 4.79 Å². The number of para-hydroxylation sites is 1. The van der Waals surface area contributed by atoms with Gasteiger partial charge in [0.05, 0.1) is 25.5 Å². The van der Waals surface area contributed by atoms with Gasteiger partial charge in [0.2, 0.25) is 0 Å². The molecule has 3 heterocycles. The van der Waals surface area contributed by atoms with Gasteiger partial charge < -0.3 is 24.8 Å². The number of aromatic nitrogens is 3. The normalized spacial score (nSPS) is 22.7. The SMILES string of the molecule is O=C(Nc1ccc(Oc2ccccc2)cc1)NC1COC2C1OCC2n1cc(-c2ccccc2)nn1. The largest absolute Gasteiger partial charge is 0.457 e. The minimum absolute atomic E-state index is 0.105. The Hall–Kier alpha value is -4.21. The average molecular weight is 484 g/mol. The summed E-state index contributed by atoms with van der Waals surface area (Å²) in [5.41, 5.74) is 2.46. The number of nitrogens with zero attached hydrogens (tertiary/aromatic N) is 3. The molecular weight excluding hydrogens is 458 g/mol. The number of benzene rings is 3. The third-order valence-corrected chi connectivity index (χ3v) is 6.35. The Morgan fingerprint density at radius 3 is 2.33 bits per heavy atom. The Morgan fingerprint density at radius 2 is 1.56 bits per heavy atom. The van der Waals surface area contributed by atoms with E-state index < -0.39 is 0 Å². The zero-order chi connectivity index (χ0) is 24.3. The maximum absolute atomic E-state index is 12.7. The molecule has 2 amide bonds. The van der Waals surface area contributed by atoms with Crippen molar-refractivity contribution in [2.45, 2.75) is 24.3 Å². The van der Waals surface area contributed by atoms with Crippen molar-refractivity contribution in [3.8, 4) is 22.8 Å². The molecule has 4 unspecified atom stereocenters. The Balaban J connectivity index is 1.04. The molecule has 0 radical (unpaired) electrons. The predicted molar refractivity (Wildman–Crippen MR) is 133 cm³/mol. The van der Waals surface area contributed by atoms with E-state index in [1.807, 2.05) is 79.0 Å². The molecule has 0 aliphatic carbocycles. The summed E-state index contributed by atoms with van der Waals surface area (Å²) in [6, 6.07) is 26.0. The fourth-order valence-electron chi connectivity index (χ4n) is 4.58. The Kier molecular flexibility index (Phi) is 6.06. The molecule has 2 saturated heterocycles. The zero-order valence-corrected chi connectivity index (χ0v) is 19.4. The fourth-order valence-corrected chi connectivity index (χ4v) is 4.58. The highest BCUT2D eigenvalue weighted by Gasteiger charge is 2.49. The van der Waals surface area contributed by atoms with Crippen molar-refractivity contribution in [2.75, 3.05) is 18.5 Å². The number of anilines is 1. The molecule has 2 N–H and O–H groups in total. The van der Waals surface area contributed by atoms with Crippen LogP contribution in [0.2, 0.25) is 0 Å². The second-order valence-corrected chi connectivity index (χ2v) is 8.76. The van der Waals surface area contributed by atoms with Crippen LogP contribution in [0.3, 0.4) is 0 Å². The van der Waals surface area contributed by atoms with Crippen molar-refractivity contribution in [2.24, 2.45) is 0 Å². The van der Waals surface area contributed by atoms with Crippen LogP contribution in [0.15, 0.2) is 91.1 Å². The summed E-state index contributed by atoms with van der Waals surface area (Å²) in [5, 5.41) is 14.4. The van der Waals surface area contributed by atoms with Crippen molar-refractivity contribution < 1.29 is 19.0 Å². The van der Waals surface area contributed by atoms with Crippen LogP contribution in [-0.4, -0.2) is 52.5 Å². The number of urea groups is 1. The summed E-state index contributed by atoms with van der Waals surface area (Å²) in [6.45, 7) is 0.805. The van der Waals surface area contributed by atoms with Crippen LogP contribution in [0.4, 0.5) is 10.5 Å². The first-order chi connectivity index (χ1) is 17.7. The lowest BCUT2D eigenvalue weighted by atomic mass is 10.1. The monoisotopic (exact) mass is 483 g/mol. The number of carbonyl (C=O) groups excluding carboxylic acids is 1. The van der Waals surface area contributed by atoms with Gasteiger partial charge in [0.1, 0.15) is 35.4 Å². The first kappa shape index (κ1) is 22.3. The summed E-state index contributed by atoms with van der Waals surface area (Å²) >= 11 is 0. The molecule has 0 spiro atoms. The quantitative estimate of drug-likeness (QED) is 0.425. The molecule has 3 aromatic carbocycles. The number of rotatable bonds is 6. The lowest BCUT2D eigenvalue weighted by Crippen LogP contribution is -2.45. The number of hydrogen-bond acceptors (Lipinski definition) is 6. The maximum atomic E-state index is 12.7. The molecule has 4 atom stereocenters. The van der Waals surface area contributed by atoms with Gasteiger partial charge in [0, 0.05) is 11.3 Å². The highest BCUT2D eigenvalue weighted by Crippen LogP contribution is 2.34. The number of hydrogen-bond donors (Lipinski definition) is 2. The first-order valence-corrected chi connectivity index (χ1v) is 11.8. The molecule has 1 aromatic heterocycles. The van der Waals surface area contributed by atoms with E-state index in [0.29, 0.717) is 24.7 Å². The van der Waals surface area contributed by atoms with Crippen LogP contribution >= 0.6 is 0 Å². The van der Waals surface area contributed by atoms with Crippen molar-refractivity contribution in [1.82, 2.24) is 20.3 Å². The molecule has 182 valence electrons. The van der Waals surface area contributed by atoms with Crippen LogP contribution in [-0.2, 0) is 9.47 Å². The van der Waals surface area contributed by atoms with Gasteiger partial charge in [-0.15, -0.1) is 5.10 Å².